The lowest BCUT2D eigenvalue weighted by molar-refractivity contribution is -0.384. The zero-order valence-corrected chi connectivity index (χ0v) is 12.6. The van der Waals surface area contributed by atoms with E-state index in [1.807, 2.05) is 4.83 Å². The molecule has 22 heavy (non-hydrogen) atoms. The molecule has 0 aliphatic rings. The second-order valence-corrected chi connectivity index (χ2v) is 6.25. The van der Waals surface area contributed by atoms with Crippen LogP contribution in [0.4, 0.5) is 5.69 Å². The zero-order valence-electron chi connectivity index (χ0n) is 11.0. The molecule has 2 aromatic carbocycles. The van der Waals surface area contributed by atoms with Crippen molar-refractivity contribution in [3.8, 4) is 0 Å². The third-order valence-electron chi connectivity index (χ3n) is 2.61. The Morgan fingerprint density at radius 3 is 2.23 bits per heavy atom. The van der Waals surface area contributed by atoms with Gasteiger partial charge in [0.05, 0.1) is 16.0 Å². The summed E-state index contributed by atoms with van der Waals surface area (Å²) in [4.78, 5) is 11.8. The lowest BCUT2D eigenvalue weighted by atomic mass is 10.2. The van der Waals surface area contributed by atoms with E-state index in [1.165, 1.54) is 6.21 Å². The predicted octanol–water partition coefficient (Wildman–Crippen LogP) is 2.56. The van der Waals surface area contributed by atoms with Crippen LogP contribution in [0.25, 0.3) is 0 Å². The van der Waals surface area contributed by atoms with Crippen LogP contribution >= 0.6 is 11.6 Å². The standard InChI is InChI=1S/C13H10ClN3O4S/c14-11-3-1-10(2-4-11)9-15-16-22(20,21)13-7-5-12(6-8-13)17(18)19/h1-9,16H. The molecule has 0 aliphatic carbocycles. The molecule has 7 nitrogen and oxygen atoms in total. The van der Waals surface area contributed by atoms with Crippen LogP contribution in [0.15, 0.2) is 58.5 Å². The fraction of sp³-hybridized carbons (Fsp3) is 0. The van der Waals surface area contributed by atoms with E-state index in [-0.39, 0.29) is 10.6 Å². The molecule has 0 bridgehead atoms. The molecular weight excluding hydrogens is 330 g/mol. The Labute approximate surface area is 131 Å². The first-order valence-corrected chi connectivity index (χ1v) is 7.79. The molecule has 1 N–H and O–H groups in total. The molecule has 0 unspecified atom stereocenters. The highest BCUT2D eigenvalue weighted by molar-refractivity contribution is 7.89. The van der Waals surface area contributed by atoms with Crippen molar-refractivity contribution in [2.24, 2.45) is 5.10 Å². The first kappa shape index (κ1) is 15.9. The molecule has 2 rings (SSSR count). The minimum absolute atomic E-state index is 0.119. The Kier molecular flexibility index (Phi) is 4.74. The van der Waals surface area contributed by atoms with Crippen LogP contribution < -0.4 is 4.83 Å². The van der Waals surface area contributed by atoms with E-state index < -0.39 is 14.9 Å². The third-order valence-corrected chi connectivity index (χ3v) is 4.10. The van der Waals surface area contributed by atoms with E-state index in [1.54, 1.807) is 24.3 Å². The van der Waals surface area contributed by atoms with Gasteiger partial charge in [-0.3, -0.25) is 10.1 Å². The van der Waals surface area contributed by atoms with Crippen molar-refractivity contribution < 1.29 is 13.3 Å². The average Bonchev–Trinajstić information content (AvgIpc) is 2.49. The molecule has 0 radical (unpaired) electrons. The normalized spacial score (nSPS) is 11.5. The van der Waals surface area contributed by atoms with Crippen molar-refractivity contribution in [2.75, 3.05) is 0 Å². The number of nitrogens with zero attached hydrogens (tertiary/aromatic N) is 2. The van der Waals surface area contributed by atoms with Crippen LogP contribution in [0, 0.1) is 10.1 Å². The number of rotatable bonds is 5. The minimum Gasteiger partial charge on any atom is -0.258 e. The van der Waals surface area contributed by atoms with E-state index >= 15 is 0 Å². The molecule has 0 saturated carbocycles. The van der Waals surface area contributed by atoms with Gasteiger partial charge in [0.25, 0.3) is 15.7 Å². The summed E-state index contributed by atoms with van der Waals surface area (Å²) in [5, 5.41) is 14.7. The number of non-ortho nitro benzene ring substituents is 1. The lowest BCUT2D eigenvalue weighted by Crippen LogP contribution is -2.18. The Hall–Kier alpha value is -2.45. The van der Waals surface area contributed by atoms with E-state index in [4.69, 9.17) is 11.6 Å². The van der Waals surface area contributed by atoms with E-state index in [0.717, 1.165) is 24.3 Å². The van der Waals surface area contributed by atoms with Crippen LogP contribution in [0.1, 0.15) is 5.56 Å². The van der Waals surface area contributed by atoms with Crippen molar-refractivity contribution >= 4 is 33.5 Å². The minimum atomic E-state index is -3.88. The molecule has 0 heterocycles. The summed E-state index contributed by atoms with van der Waals surface area (Å²) in [5.41, 5.74) is 0.472. The molecule has 0 fully saturated rings. The quantitative estimate of drug-likeness (QED) is 0.513. The van der Waals surface area contributed by atoms with Gasteiger partial charge in [0.2, 0.25) is 0 Å². The van der Waals surface area contributed by atoms with Gasteiger partial charge in [-0.25, -0.2) is 4.83 Å². The summed E-state index contributed by atoms with van der Waals surface area (Å²) in [6.07, 6.45) is 1.32. The van der Waals surface area contributed by atoms with Gasteiger partial charge in [-0.2, -0.15) is 13.5 Å². The van der Waals surface area contributed by atoms with Gasteiger partial charge < -0.3 is 0 Å². The summed E-state index contributed by atoms with van der Waals surface area (Å²) in [6.45, 7) is 0. The van der Waals surface area contributed by atoms with E-state index in [9.17, 15) is 18.5 Å². The number of nitro groups is 1. The highest BCUT2D eigenvalue weighted by Crippen LogP contribution is 2.15. The van der Waals surface area contributed by atoms with Crippen molar-refractivity contribution in [2.45, 2.75) is 4.90 Å². The maximum atomic E-state index is 11.9. The topological polar surface area (TPSA) is 102 Å². The van der Waals surface area contributed by atoms with Gasteiger partial charge in [-0.15, -0.1) is 0 Å². The first-order valence-electron chi connectivity index (χ1n) is 5.93. The molecule has 0 atom stereocenters. The molecule has 2 aromatic rings. The molecule has 0 spiro atoms. The number of hydrazone groups is 1. The highest BCUT2D eigenvalue weighted by atomic mass is 35.5. The van der Waals surface area contributed by atoms with E-state index in [2.05, 4.69) is 5.10 Å². The number of hydrogen-bond acceptors (Lipinski definition) is 5. The Bertz CT molecular complexity index is 802. The molecule has 0 aromatic heterocycles. The summed E-state index contributed by atoms with van der Waals surface area (Å²) in [7, 11) is -3.88. The molecule has 0 amide bonds. The number of halogens is 1. The van der Waals surface area contributed by atoms with Crippen LogP contribution in [-0.2, 0) is 10.0 Å². The number of benzene rings is 2. The highest BCUT2D eigenvalue weighted by Gasteiger charge is 2.14. The summed E-state index contributed by atoms with van der Waals surface area (Å²) in [6, 6.07) is 11.1. The maximum Gasteiger partial charge on any atom is 0.276 e. The monoisotopic (exact) mass is 339 g/mol. The Balaban J connectivity index is 2.10. The van der Waals surface area contributed by atoms with Crippen LogP contribution in [0.5, 0.6) is 0 Å². The fourth-order valence-corrected chi connectivity index (χ4v) is 2.44. The number of nitrogens with one attached hydrogen (secondary N) is 1. The molecule has 114 valence electrons. The summed E-state index contributed by atoms with van der Waals surface area (Å²) < 4.78 is 23.9. The number of nitro benzene ring substituents is 1. The van der Waals surface area contributed by atoms with Crippen molar-refractivity contribution in [1.29, 1.82) is 0 Å². The van der Waals surface area contributed by atoms with Crippen molar-refractivity contribution in [1.82, 2.24) is 4.83 Å². The molecular formula is C13H10ClN3O4S. The van der Waals surface area contributed by atoms with Gasteiger partial charge in [0.15, 0.2) is 0 Å². The molecule has 9 heteroatoms. The van der Waals surface area contributed by atoms with E-state index in [0.29, 0.717) is 10.6 Å². The van der Waals surface area contributed by atoms with Gasteiger partial charge in [0.1, 0.15) is 0 Å². The predicted molar refractivity (Wildman–Crippen MR) is 82.5 cm³/mol. The maximum absolute atomic E-state index is 11.9. The smallest absolute Gasteiger partial charge is 0.258 e. The third kappa shape index (κ3) is 4.03. The number of hydrogen-bond donors (Lipinski definition) is 1. The van der Waals surface area contributed by atoms with Gasteiger partial charge in [-0.1, -0.05) is 23.7 Å². The largest absolute Gasteiger partial charge is 0.276 e. The SMILES string of the molecule is O=[N+]([O-])c1ccc(S(=O)(=O)NN=Cc2ccc(Cl)cc2)cc1. The average molecular weight is 340 g/mol. The van der Waals surface area contributed by atoms with Crippen molar-refractivity contribution in [3.63, 3.8) is 0 Å². The molecule has 0 aliphatic heterocycles. The van der Waals surface area contributed by atoms with Gasteiger partial charge in [-0.05, 0) is 29.8 Å². The first-order chi connectivity index (χ1) is 10.4. The van der Waals surface area contributed by atoms with Crippen LogP contribution in [-0.4, -0.2) is 19.6 Å². The Morgan fingerprint density at radius 2 is 1.68 bits per heavy atom. The van der Waals surface area contributed by atoms with Gasteiger partial charge >= 0.3 is 0 Å². The summed E-state index contributed by atoms with van der Waals surface area (Å²) >= 11 is 5.73. The lowest BCUT2D eigenvalue weighted by Gasteiger charge is -2.02. The fourth-order valence-electron chi connectivity index (χ4n) is 1.52. The van der Waals surface area contributed by atoms with Crippen LogP contribution in [0.3, 0.4) is 0 Å². The van der Waals surface area contributed by atoms with Gasteiger partial charge in [0, 0.05) is 17.2 Å². The van der Waals surface area contributed by atoms with Crippen LogP contribution in [0.2, 0.25) is 5.02 Å². The molecule has 0 saturated heterocycles. The summed E-state index contributed by atoms with van der Waals surface area (Å²) in [5.74, 6) is 0. The number of sulfonamides is 1. The second kappa shape index (κ2) is 6.54. The second-order valence-electron chi connectivity index (χ2n) is 4.16. The van der Waals surface area contributed by atoms with Crippen molar-refractivity contribution in [3.05, 3.63) is 69.2 Å². The Morgan fingerprint density at radius 1 is 1.09 bits per heavy atom. The zero-order chi connectivity index (χ0) is 16.2.